The van der Waals surface area contributed by atoms with Crippen LogP contribution in [0.2, 0.25) is 0 Å². The lowest BCUT2D eigenvalue weighted by molar-refractivity contribution is -0.121. The Bertz CT molecular complexity index is 985. The number of piperazine rings is 1. The minimum absolute atomic E-state index is 0.200. The maximum Gasteiger partial charge on any atom is 0.243 e. The second-order valence-electron chi connectivity index (χ2n) is 6.69. The van der Waals surface area contributed by atoms with E-state index in [-0.39, 0.29) is 5.91 Å². The van der Waals surface area contributed by atoms with Crippen LogP contribution in [-0.4, -0.2) is 55.8 Å². The van der Waals surface area contributed by atoms with Crippen LogP contribution in [0.25, 0.3) is 0 Å². The summed E-state index contributed by atoms with van der Waals surface area (Å²) in [5.74, 6) is -0.200. The summed E-state index contributed by atoms with van der Waals surface area (Å²) in [5.41, 5.74) is 1.45. The number of carbonyl (C=O) groups is 1. The van der Waals surface area contributed by atoms with Crippen molar-refractivity contribution in [1.82, 2.24) is 9.21 Å². The van der Waals surface area contributed by atoms with Crippen LogP contribution in [0.3, 0.4) is 0 Å². The molecule has 1 aromatic carbocycles. The summed E-state index contributed by atoms with van der Waals surface area (Å²) in [4.78, 5) is 14.8. The molecular weight excluding hydrogens is 396 g/mol. The topological polar surface area (TPSA) is 93.5 Å². The summed E-state index contributed by atoms with van der Waals surface area (Å²) in [5, 5.41) is 14.1. The van der Waals surface area contributed by atoms with E-state index in [1.165, 1.54) is 15.6 Å². The first-order valence-electron chi connectivity index (χ1n) is 8.92. The highest BCUT2D eigenvalue weighted by atomic mass is 32.2. The quantitative estimate of drug-likeness (QED) is 0.804. The Morgan fingerprint density at radius 3 is 2.43 bits per heavy atom. The number of amides is 1. The van der Waals surface area contributed by atoms with Crippen molar-refractivity contribution in [3.8, 4) is 6.07 Å². The van der Waals surface area contributed by atoms with Crippen LogP contribution in [0, 0.1) is 18.3 Å². The van der Waals surface area contributed by atoms with E-state index in [0.717, 1.165) is 5.56 Å². The summed E-state index contributed by atoms with van der Waals surface area (Å²) in [6.07, 6.45) is 0. The molecule has 1 amide bonds. The molecule has 0 unspecified atom stereocenters. The van der Waals surface area contributed by atoms with Gasteiger partial charge in [-0.2, -0.15) is 9.57 Å². The Morgan fingerprint density at radius 1 is 1.18 bits per heavy atom. The molecule has 1 fully saturated rings. The minimum Gasteiger partial charge on any atom is -0.315 e. The molecule has 1 saturated heterocycles. The van der Waals surface area contributed by atoms with Gasteiger partial charge in [-0.3, -0.25) is 9.69 Å². The molecule has 3 rings (SSSR count). The van der Waals surface area contributed by atoms with Crippen molar-refractivity contribution >= 4 is 32.3 Å². The van der Waals surface area contributed by atoms with Crippen LogP contribution in [0.4, 0.5) is 5.00 Å². The van der Waals surface area contributed by atoms with Gasteiger partial charge >= 0.3 is 0 Å². The number of benzene rings is 1. The first-order chi connectivity index (χ1) is 13.3. The Morgan fingerprint density at radius 2 is 1.82 bits per heavy atom. The van der Waals surface area contributed by atoms with Gasteiger partial charge in [0.15, 0.2) is 0 Å². The van der Waals surface area contributed by atoms with E-state index < -0.39 is 16.1 Å². The van der Waals surface area contributed by atoms with E-state index in [1.807, 2.05) is 17.9 Å². The number of aryl methyl sites for hydroxylation is 1. The average Bonchev–Trinajstić information content (AvgIpc) is 3.15. The standard InChI is InChI=1S/C19H22N4O3S2/c1-14-3-5-17(6-4-14)28(25,26)23-10-8-22(9-11-23)15(2)18(24)21-19-16(13-20)7-12-27-19/h3-7,12,15H,8-11H2,1-2H3,(H,21,24)/t15-/m1/s1. The highest BCUT2D eigenvalue weighted by Crippen LogP contribution is 2.23. The van der Waals surface area contributed by atoms with Crippen molar-refractivity contribution in [2.45, 2.75) is 24.8 Å². The monoisotopic (exact) mass is 418 g/mol. The summed E-state index contributed by atoms with van der Waals surface area (Å²) in [6.45, 7) is 5.30. The molecule has 0 radical (unpaired) electrons. The van der Waals surface area contributed by atoms with Gasteiger partial charge in [-0.15, -0.1) is 11.3 Å². The fourth-order valence-electron chi connectivity index (χ4n) is 3.07. The number of hydrogen-bond donors (Lipinski definition) is 1. The normalized spacial score (nSPS) is 17.0. The van der Waals surface area contributed by atoms with Crippen molar-refractivity contribution in [2.75, 3.05) is 31.5 Å². The predicted molar refractivity (Wildman–Crippen MR) is 109 cm³/mol. The molecule has 9 heteroatoms. The molecule has 0 bridgehead atoms. The SMILES string of the molecule is Cc1ccc(S(=O)(=O)N2CCN([C@H](C)C(=O)Nc3sccc3C#N)CC2)cc1. The second-order valence-corrected chi connectivity index (χ2v) is 9.55. The molecule has 28 heavy (non-hydrogen) atoms. The number of sulfonamides is 1. The molecule has 2 heterocycles. The van der Waals surface area contributed by atoms with Crippen molar-refractivity contribution in [1.29, 1.82) is 5.26 Å². The number of nitriles is 1. The smallest absolute Gasteiger partial charge is 0.243 e. The van der Waals surface area contributed by atoms with Crippen LogP contribution in [0.15, 0.2) is 40.6 Å². The zero-order valence-electron chi connectivity index (χ0n) is 15.8. The van der Waals surface area contributed by atoms with E-state index in [0.29, 0.717) is 41.6 Å². The van der Waals surface area contributed by atoms with E-state index >= 15 is 0 Å². The van der Waals surface area contributed by atoms with Gasteiger partial charge in [-0.1, -0.05) is 17.7 Å². The second kappa shape index (κ2) is 8.41. The Balaban J connectivity index is 1.60. The lowest BCUT2D eigenvalue weighted by Crippen LogP contribution is -2.53. The lowest BCUT2D eigenvalue weighted by Gasteiger charge is -2.36. The third kappa shape index (κ3) is 4.25. The van der Waals surface area contributed by atoms with E-state index in [4.69, 9.17) is 5.26 Å². The van der Waals surface area contributed by atoms with Crippen molar-refractivity contribution in [3.05, 3.63) is 46.8 Å². The van der Waals surface area contributed by atoms with Crippen molar-refractivity contribution in [3.63, 3.8) is 0 Å². The maximum atomic E-state index is 12.8. The number of nitrogens with one attached hydrogen (secondary N) is 1. The minimum atomic E-state index is -3.53. The molecule has 7 nitrogen and oxygen atoms in total. The fourth-order valence-corrected chi connectivity index (χ4v) is 5.23. The van der Waals surface area contributed by atoms with Crippen LogP contribution < -0.4 is 5.32 Å². The number of rotatable bonds is 5. The Labute approximate surface area is 169 Å². The molecule has 0 spiro atoms. The number of hydrogen-bond acceptors (Lipinski definition) is 6. The van der Waals surface area contributed by atoms with Gasteiger partial charge < -0.3 is 5.32 Å². The molecule has 1 atom stereocenters. The number of anilines is 1. The lowest BCUT2D eigenvalue weighted by atomic mass is 10.2. The first-order valence-corrected chi connectivity index (χ1v) is 11.2. The molecule has 0 saturated carbocycles. The molecule has 1 N–H and O–H groups in total. The van der Waals surface area contributed by atoms with Crippen LogP contribution in [0.5, 0.6) is 0 Å². The summed E-state index contributed by atoms with van der Waals surface area (Å²) in [6, 6.07) is 10.1. The molecule has 2 aromatic rings. The van der Waals surface area contributed by atoms with Crippen LogP contribution >= 0.6 is 11.3 Å². The first kappa shape index (κ1) is 20.5. The van der Waals surface area contributed by atoms with Crippen molar-refractivity contribution < 1.29 is 13.2 Å². The van der Waals surface area contributed by atoms with Crippen LogP contribution in [-0.2, 0) is 14.8 Å². The number of nitrogens with zero attached hydrogens (tertiary/aromatic N) is 3. The van der Waals surface area contributed by atoms with Gasteiger partial charge in [-0.05, 0) is 37.4 Å². The molecular formula is C19H22N4O3S2. The van der Waals surface area contributed by atoms with Gasteiger partial charge in [-0.25, -0.2) is 8.42 Å². The third-order valence-electron chi connectivity index (χ3n) is 4.88. The molecule has 1 aliphatic heterocycles. The summed E-state index contributed by atoms with van der Waals surface area (Å²) in [7, 11) is -3.53. The van der Waals surface area contributed by atoms with Gasteiger partial charge in [0.25, 0.3) is 0 Å². The van der Waals surface area contributed by atoms with Gasteiger partial charge in [0.2, 0.25) is 15.9 Å². The largest absolute Gasteiger partial charge is 0.315 e. The van der Waals surface area contributed by atoms with Gasteiger partial charge in [0.05, 0.1) is 16.5 Å². The van der Waals surface area contributed by atoms with Gasteiger partial charge in [0.1, 0.15) is 11.1 Å². The molecule has 0 aliphatic carbocycles. The zero-order valence-corrected chi connectivity index (χ0v) is 17.4. The number of carbonyl (C=O) groups excluding carboxylic acids is 1. The summed E-state index contributed by atoms with van der Waals surface area (Å²) >= 11 is 1.31. The van der Waals surface area contributed by atoms with Crippen LogP contribution in [0.1, 0.15) is 18.1 Å². The Hall–Kier alpha value is -2.25. The van der Waals surface area contributed by atoms with E-state index in [9.17, 15) is 13.2 Å². The maximum absolute atomic E-state index is 12.8. The third-order valence-corrected chi connectivity index (χ3v) is 7.62. The molecule has 1 aliphatic rings. The van der Waals surface area contributed by atoms with E-state index in [2.05, 4.69) is 5.32 Å². The predicted octanol–water partition coefficient (Wildman–Crippen LogP) is 2.26. The van der Waals surface area contributed by atoms with Gasteiger partial charge in [0, 0.05) is 26.2 Å². The summed E-state index contributed by atoms with van der Waals surface area (Å²) < 4.78 is 27.0. The highest BCUT2D eigenvalue weighted by molar-refractivity contribution is 7.89. The Kier molecular flexibility index (Phi) is 6.15. The highest BCUT2D eigenvalue weighted by Gasteiger charge is 2.32. The fraction of sp³-hybridized carbons (Fsp3) is 0.368. The molecule has 148 valence electrons. The van der Waals surface area contributed by atoms with E-state index in [1.54, 1.807) is 42.6 Å². The molecule has 1 aromatic heterocycles. The van der Waals surface area contributed by atoms with Crippen molar-refractivity contribution in [2.24, 2.45) is 0 Å². The average molecular weight is 419 g/mol. The number of thiophene rings is 1. The zero-order chi connectivity index (χ0) is 20.3.